The van der Waals surface area contributed by atoms with E-state index in [2.05, 4.69) is 27.6 Å². The van der Waals surface area contributed by atoms with Gasteiger partial charge in [-0.3, -0.25) is 0 Å². The number of fused-ring (bicyclic) bond motifs is 1. The molecule has 5 nitrogen and oxygen atoms in total. The van der Waals surface area contributed by atoms with Crippen molar-refractivity contribution < 1.29 is 9.84 Å². The van der Waals surface area contributed by atoms with Crippen LogP contribution < -0.4 is 10.1 Å². The van der Waals surface area contributed by atoms with Gasteiger partial charge in [-0.15, -0.1) is 10.2 Å². The van der Waals surface area contributed by atoms with Gasteiger partial charge >= 0.3 is 0 Å². The number of anilines is 1. The molecular weight excluding hydrogens is 326 g/mol. The van der Waals surface area contributed by atoms with Crippen LogP contribution in [0.4, 0.5) is 5.82 Å². The van der Waals surface area contributed by atoms with E-state index >= 15 is 0 Å². The highest BCUT2D eigenvalue weighted by atomic mass is 16.5. The fraction of sp³-hybridized carbons (Fsp3) is 0.333. The lowest BCUT2D eigenvalue weighted by molar-refractivity contribution is 0.116. The topological polar surface area (TPSA) is 67.3 Å². The summed E-state index contributed by atoms with van der Waals surface area (Å²) in [5.41, 5.74) is 1.84. The maximum Gasteiger partial charge on any atom is 0.156 e. The van der Waals surface area contributed by atoms with Gasteiger partial charge in [-0.2, -0.15) is 0 Å². The summed E-state index contributed by atoms with van der Waals surface area (Å²) in [5, 5.41) is 24.7. The third-order valence-electron chi connectivity index (χ3n) is 5.10. The Kier molecular flexibility index (Phi) is 4.71. The lowest BCUT2D eigenvalue weighted by Gasteiger charge is -2.29. The van der Waals surface area contributed by atoms with Crippen molar-refractivity contribution in [1.29, 1.82) is 0 Å². The lowest BCUT2D eigenvalue weighted by atomic mass is 9.92. The molecule has 0 amide bonds. The highest BCUT2D eigenvalue weighted by Crippen LogP contribution is 2.32. The molecule has 4 rings (SSSR count). The molecule has 1 saturated carbocycles. The zero-order chi connectivity index (χ0) is 17.9. The summed E-state index contributed by atoms with van der Waals surface area (Å²) in [6, 6.07) is 16.0. The number of nitrogens with one attached hydrogen (secondary N) is 1. The molecule has 3 aromatic rings. The largest absolute Gasteiger partial charge is 0.497 e. The molecule has 134 valence electrons. The number of nitrogens with zero attached hydrogens (tertiary/aromatic N) is 2. The molecule has 0 aliphatic heterocycles. The molecule has 0 unspecified atom stereocenters. The minimum atomic E-state index is -0.328. The fourth-order valence-electron chi connectivity index (χ4n) is 3.63. The molecule has 2 aromatic carbocycles. The van der Waals surface area contributed by atoms with Crippen molar-refractivity contribution in [3.05, 3.63) is 48.5 Å². The molecule has 0 saturated heterocycles. The Bertz CT molecular complexity index is 895. The Balaban J connectivity index is 1.73. The van der Waals surface area contributed by atoms with E-state index in [1.165, 1.54) is 0 Å². The van der Waals surface area contributed by atoms with Gasteiger partial charge in [-0.25, -0.2) is 0 Å². The monoisotopic (exact) mass is 349 g/mol. The van der Waals surface area contributed by atoms with Crippen molar-refractivity contribution in [2.45, 2.75) is 37.8 Å². The number of rotatable bonds is 4. The van der Waals surface area contributed by atoms with Crippen LogP contribution in [0.25, 0.3) is 22.0 Å². The smallest absolute Gasteiger partial charge is 0.156 e. The standard InChI is InChI=1S/C21H23N3O2/c1-26-15-12-10-14(11-13-15)20-16-6-2-3-7-17(16)21(24-23-20)22-18-8-4-5-9-19(18)25/h2-3,6-7,10-13,18-19,25H,4-5,8-9H2,1H3,(H,22,24)/t18-,19-/m0/s1. The number of ether oxygens (including phenoxy) is 1. The van der Waals surface area contributed by atoms with Crippen LogP contribution in [0.1, 0.15) is 25.7 Å². The zero-order valence-electron chi connectivity index (χ0n) is 14.9. The summed E-state index contributed by atoms with van der Waals surface area (Å²) in [5.74, 6) is 1.55. The Labute approximate surface area is 153 Å². The molecule has 0 spiro atoms. The maximum absolute atomic E-state index is 10.3. The molecule has 1 fully saturated rings. The molecule has 0 radical (unpaired) electrons. The first-order chi connectivity index (χ1) is 12.8. The summed E-state index contributed by atoms with van der Waals surface area (Å²) < 4.78 is 5.24. The fourth-order valence-corrected chi connectivity index (χ4v) is 3.63. The minimum Gasteiger partial charge on any atom is -0.497 e. The van der Waals surface area contributed by atoms with Gasteiger partial charge in [0.05, 0.1) is 19.3 Å². The first-order valence-corrected chi connectivity index (χ1v) is 9.11. The van der Waals surface area contributed by atoms with E-state index in [9.17, 15) is 5.11 Å². The predicted molar refractivity (Wildman–Crippen MR) is 103 cm³/mol. The Morgan fingerprint density at radius 2 is 1.69 bits per heavy atom. The average Bonchev–Trinajstić information content (AvgIpc) is 2.70. The van der Waals surface area contributed by atoms with Gasteiger partial charge in [0.15, 0.2) is 5.82 Å². The van der Waals surface area contributed by atoms with Crippen LogP contribution in [0.3, 0.4) is 0 Å². The molecule has 1 aliphatic rings. The van der Waals surface area contributed by atoms with Crippen LogP contribution in [0.2, 0.25) is 0 Å². The number of methoxy groups -OCH3 is 1. The van der Waals surface area contributed by atoms with Gasteiger partial charge in [0.1, 0.15) is 11.4 Å². The number of aliphatic hydroxyl groups excluding tert-OH is 1. The summed E-state index contributed by atoms with van der Waals surface area (Å²) in [4.78, 5) is 0. The van der Waals surface area contributed by atoms with E-state index in [-0.39, 0.29) is 12.1 Å². The van der Waals surface area contributed by atoms with Crippen molar-refractivity contribution in [2.24, 2.45) is 0 Å². The van der Waals surface area contributed by atoms with Gasteiger partial charge in [0.25, 0.3) is 0 Å². The maximum atomic E-state index is 10.3. The Morgan fingerprint density at radius 3 is 2.42 bits per heavy atom. The number of hydrogen-bond donors (Lipinski definition) is 2. The van der Waals surface area contributed by atoms with E-state index in [0.29, 0.717) is 0 Å². The van der Waals surface area contributed by atoms with Gasteiger partial charge < -0.3 is 15.2 Å². The highest BCUT2D eigenvalue weighted by molar-refractivity contribution is 6.00. The first kappa shape index (κ1) is 16.8. The van der Waals surface area contributed by atoms with E-state index in [0.717, 1.165) is 59.3 Å². The van der Waals surface area contributed by atoms with Gasteiger partial charge in [0, 0.05) is 16.3 Å². The normalized spacial score (nSPS) is 20.1. The molecule has 0 bridgehead atoms. The third-order valence-corrected chi connectivity index (χ3v) is 5.10. The van der Waals surface area contributed by atoms with Crippen molar-refractivity contribution in [3.63, 3.8) is 0 Å². The SMILES string of the molecule is COc1ccc(-c2nnc(N[C@H]3CCCC[C@@H]3O)c3ccccc23)cc1. The number of aliphatic hydroxyl groups is 1. The predicted octanol–water partition coefficient (Wildman–Crippen LogP) is 4.02. The second-order valence-corrected chi connectivity index (χ2v) is 6.77. The minimum absolute atomic E-state index is 0.0355. The van der Waals surface area contributed by atoms with E-state index < -0.39 is 0 Å². The van der Waals surface area contributed by atoms with Crippen LogP contribution in [0.15, 0.2) is 48.5 Å². The van der Waals surface area contributed by atoms with Crippen molar-refractivity contribution >= 4 is 16.6 Å². The quantitative estimate of drug-likeness (QED) is 0.745. The van der Waals surface area contributed by atoms with Gasteiger partial charge in [0.2, 0.25) is 0 Å². The van der Waals surface area contributed by atoms with Crippen LogP contribution >= 0.6 is 0 Å². The van der Waals surface area contributed by atoms with Crippen LogP contribution in [-0.4, -0.2) is 34.6 Å². The number of hydrogen-bond acceptors (Lipinski definition) is 5. The molecule has 1 aromatic heterocycles. The van der Waals surface area contributed by atoms with E-state index in [4.69, 9.17) is 4.74 Å². The second kappa shape index (κ2) is 7.30. The molecule has 26 heavy (non-hydrogen) atoms. The molecule has 1 heterocycles. The average molecular weight is 349 g/mol. The van der Waals surface area contributed by atoms with Crippen LogP contribution in [-0.2, 0) is 0 Å². The summed E-state index contributed by atoms with van der Waals surface area (Å²) in [6.45, 7) is 0. The first-order valence-electron chi connectivity index (χ1n) is 9.11. The van der Waals surface area contributed by atoms with E-state index in [1.54, 1.807) is 7.11 Å². The third kappa shape index (κ3) is 3.22. The molecule has 2 atom stereocenters. The van der Waals surface area contributed by atoms with Gasteiger partial charge in [-0.05, 0) is 37.1 Å². The molecule has 2 N–H and O–H groups in total. The van der Waals surface area contributed by atoms with E-state index in [1.807, 2.05) is 36.4 Å². The Hall–Kier alpha value is -2.66. The lowest BCUT2D eigenvalue weighted by Crippen LogP contribution is -2.36. The number of aromatic nitrogens is 2. The van der Waals surface area contributed by atoms with Crippen LogP contribution in [0, 0.1) is 0 Å². The highest BCUT2D eigenvalue weighted by Gasteiger charge is 2.24. The van der Waals surface area contributed by atoms with Crippen molar-refractivity contribution in [2.75, 3.05) is 12.4 Å². The van der Waals surface area contributed by atoms with Crippen molar-refractivity contribution in [1.82, 2.24) is 10.2 Å². The molecular formula is C21H23N3O2. The van der Waals surface area contributed by atoms with Crippen LogP contribution in [0.5, 0.6) is 5.75 Å². The molecule has 1 aliphatic carbocycles. The second-order valence-electron chi connectivity index (χ2n) is 6.77. The summed E-state index contributed by atoms with van der Waals surface area (Å²) >= 11 is 0. The van der Waals surface area contributed by atoms with Crippen molar-refractivity contribution in [3.8, 4) is 17.0 Å². The van der Waals surface area contributed by atoms with Gasteiger partial charge in [-0.1, -0.05) is 37.1 Å². The Morgan fingerprint density at radius 1 is 0.962 bits per heavy atom. The summed E-state index contributed by atoms with van der Waals surface area (Å²) in [6.07, 6.45) is 3.68. The number of benzene rings is 2. The molecule has 5 heteroatoms. The zero-order valence-corrected chi connectivity index (χ0v) is 14.9. The summed E-state index contributed by atoms with van der Waals surface area (Å²) in [7, 11) is 1.66.